The molecule has 0 aliphatic heterocycles. The van der Waals surface area contributed by atoms with E-state index in [1.54, 1.807) is 0 Å². The predicted molar refractivity (Wildman–Crippen MR) is 51.1 cm³/mol. The third-order valence-electron chi connectivity index (χ3n) is 2.11. The summed E-state index contributed by atoms with van der Waals surface area (Å²) in [6.07, 6.45) is 5.26. The molecular weight excluding hydrogens is 152 g/mol. The van der Waals surface area contributed by atoms with Gasteiger partial charge in [-0.2, -0.15) is 0 Å². The highest BCUT2D eigenvalue weighted by atomic mass is 16.3. The second-order valence-corrected chi connectivity index (χ2v) is 3.49. The number of rotatable bonds is 6. The lowest BCUT2D eigenvalue weighted by Crippen LogP contribution is -1.97. The SMILES string of the molecule is C/C(=C\O)CCCC(C)CCO. The average molecular weight is 172 g/mol. The number of aliphatic hydroxyl groups excluding tert-OH is 2. The van der Waals surface area contributed by atoms with Gasteiger partial charge in [0, 0.05) is 6.61 Å². The van der Waals surface area contributed by atoms with Gasteiger partial charge in [0.15, 0.2) is 0 Å². The Morgan fingerprint density at radius 1 is 1.42 bits per heavy atom. The molecule has 2 N–H and O–H groups in total. The zero-order chi connectivity index (χ0) is 9.40. The molecule has 0 amide bonds. The fraction of sp³-hybridized carbons (Fsp3) is 0.800. The van der Waals surface area contributed by atoms with Crippen molar-refractivity contribution in [3.63, 3.8) is 0 Å². The van der Waals surface area contributed by atoms with Crippen molar-refractivity contribution in [2.75, 3.05) is 6.61 Å². The molecule has 2 heteroatoms. The van der Waals surface area contributed by atoms with Crippen molar-refractivity contribution in [1.29, 1.82) is 0 Å². The molecule has 0 radical (unpaired) electrons. The van der Waals surface area contributed by atoms with Gasteiger partial charge in [-0.1, -0.05) is 13.3 Å². The van der Waals surface area contributed by atoms with Crippen molar-refractivity contribution in [2.45, 2.75) is 39.5 Å². The Hall–Kier alpha value is -0.500. The lowest BCUT2D eigenvalue weighted by Gasteiger charge is -2.08. The van der Waals surface area contributed by atoms with E-state index in [2.05, 4.69) is 6.92 Å². The molecule has 0 spiro atoms. The van der Waals surface area contributed by atoms with Gasteiger partial charge < -0.3 is 10.2 Å². The summed E-state index contributed by atoms with van der Waals surface area (Å²) in [7, 11) is 0. The van der Waals surface area contributed by atoms with Gasteiger partial charge in [0.1, 0.15) is 0 Å². The first-order valence-electron chi connectivity index (χ1n) is 4.61. The third kappa shape index (κ3) is 6.23. The minimum atomic E-state index is 0.288. The van der Waals surface area contributed by atoms with E-state index in [1.165, 1.54) is 6.26 Å². The third-order valence-corrected chi connectivity index (χ3v) is 2.11. The monoisotopic (exact) mass is 172 g/mol. The van der Waals surface area contributed by atoms with E-state index in [4.69, 9.17) is 10.2 Å². The van der Waals surface area contributed by atoms with Crippen LogP contribution >= 0.6 is 0 Å². The van der Waals surface area contributed by atoms with Crippen LogP contribution in [-0.2, 0) is 0 Å². The first-order chi connectivity index (χ1) is 5.70. The van der Waals surface area contributed by atoms with Gasteiger partial charge in [-0.25, -0.2) is 0 Å². The minimum absolute atomic E-state index is 0.288. The minimum Gasteiger partial charge on any atom is -0.516 e. The first-order valence-corrected chi connectivity index (χ1v) is 4.61. The van der Waals surface area contributed by atoms with Crippen LogP contribution in [0.15, 0.2) is 11.8 Å². The first kappa shape index (κ1) is 11.5. The number of hydrogen-bond acceptors (Lipinski definition) is 2. The Bertz CT molecular complexity index is 130. The zero-order valence-corrected chi connectivity index (χ0v) is 8.08. The van der Waals surface area contributed by atoms with Crippen molar-refractivity contribution in [3.8, 4) is 0 Å². The van der Waals surface area contributed by atoms with Gasteiger partial charge in [0.2, 0.25) is 0 Å². The van der Waals surface area contributed by atoms with Crippen molar-refractivity contribution in [3.05, 3.63) is 11.8 Å². The largest absolute Gasteiger partial charge is 0.516 e. The average Bonchev–Trinajstić information content (AvgIpc) is 2.04. The highest BCUT2D eigenvalue weighted by Crippen LogP contribution is 2.13. The van der Waals surface area contributed by atoms with Gasteiger partial charge in [0.05, 0.1) is 6.26 Å². The van der Waals surface area contributed by atoms with Crippen LogP contribution in [-0.4, -0.2) is 16.8 Å². The van der Waals surface area contributed by atoms with Crippen molar-refractivity contribution in [2.24, 2.45) is 5.92 Å². The summed E-state index contributed by atoms with van der Waals surface area (Å²) in [5.41, 5.74) is 1.03. The second kappa shape index (κ2) is 7.17. The molecule has 0 saturated carbocycles. The molecule has 0 heterocycles. The van der Waals surface area contributed by atoms with E-state index in [0.717, 1.165) is 31.3 Å². The molecule has 0 aliphatic rings. The number of hydrogen-bond donors (Lipinski definition) is 2. The standard InChI is InChI=1S/C10H20O2/c1-9(6-7-11)4-3-5-10(2)8-12/h8-9,11-12H,3-7H2,1-2H3/b10-8+. The summed E-state index contributed by atoms with van der Waals surface area (Å²) in [5, 5.41) is 17.2. The van der Waals surface area contributed by atoms with Gasteiger partial charge in [-0.3, -0.25) is 0 Å². The summed E-state index contributed by atoms with van der Waals surface area (Å²) in [6, 6.07) is 0. The lowest BCUT2D eigenvalue weighted by molar-refractivity contribution is 0.257. The molecule has 0 bridgehead atoms. The fourth-order valence-corrected chi connectivity index (χ4v) is 1.16. The Morgan fingerprint density at radius 2 is 2.08 bits per heavy atom. The topological polar surface area (TPSA) is 40.5 Å². The second-order valence-electron chi connectivity index (χ2n) is 3.49. The van der Waals surface area contributed by atoms with Gasteiger partial charge in [-0.15, -0.1) is 0 Å². The van der Waals surface area contributed by atoms with E-state index in [-0.39, 0.29) is 6.61 Å². The summed E-state index contributed by atoms with van der Waals surface area (Å²) in [6.45, 7) is 4.36. The van der Waals surface area contributed by atoms with Crippen LogP contribution in [0.1, 0.15) is 39.5 Å². The maximum atomic E-state index is 8.64. The van der Waals surface area contributed by atoms with Crippen LogP contribution in [0.2, 0.25) is 0 Å². The van der Waals surface area contributed by atoms with Crippen molar-refractivity contribution >= 4 is 0 Å². The molecule has 0 saturated heterocycles. The van der Waals surface area contributed by atoms with E-state index >= 15 is 0 Å². The van der Waals surface area contributed by atoms with E-state index in [9.17, 15) is 0 Å². The maximum Gasteiger partial charge on any atom is 0.0780 e. The Labute approximate surface area is 74.9 Å². The van der Waals surface area contributed by atoms with Crippen LogP contribution in [0.5, 0.6) is 0 Å². The molecule has 1 atom stereocenters. The molecular formula is C10H20O2. The molecule has 0 fully saturated rings. The van der Waals surface area contributed by atoms with Crippen LogP contribution in [0.4, 0.5) is 0 Å². The van der Waals surface area contributed by atoms with Crippen LogP contribution in [0.25, 0.3) is 0 Å². The van der Waals surface area contributed by atoms with Crippen LogP contribution in [0, 0.1) is 5.92 Å². The zero-order valence-electron chi connectivity index (χ0n) is 8.08. The Balaban J connectivity index is 3.30. The molecule has 12 heavy (non-hydrogen) atoms. The van der Waals surface area contributed by atoms with Gasteiger partial charge >= 0.3 is 0 Å². The number of allylic oxidation sites excluding steroid dienone is 1. The number of aliphatic hydroxyl groups is 2. The van der Waals surface area contributed by atoms with Gasteiger partial charge in [0.25, 0.3) is 0 Å². The summed E-state index contributed by atoms with van der Waals surface area (Å²) in [5.74, 6) is 0.599. The summed E-state index contributed by atoms with van der Waals surface area (Å²) < 4.78 is 0. The molecule has 0 rings (SSSR count). The van der Waals surface area contributed by atoms with Crippen molar-refractivity contribution < 1.29 is 10.2 Å². The Morgan fingerprint density at radius 3 is 2.58 bits per heavy atom. The molecule has 0 aromatic rings. The van der Waals surface area contributed by atoms with Crippen LogP contribution in [0.3, 0.4) is 0 Å². The summed E-state index contributed by atoms with van der Waals surface area (Å²) in [4.78, 5) is 0. The van der Waals surface area contributed by atoms with E-state index < -0.39 is 0 Å². The molecule has 2 nitrogen and oxygen atoms in total. The lowest BCUT2D eigenvalue weighted by atomic mass is 9.99. The molecule has 1 unspecified atom stereocenters. The molecule has 0 aliphatic carbocycles. The highest BCUT2D eigenvalue weighted by Gasteiger charge is 2.00. The predicted octanol–water partition coefficient (Wildman–Crippen LogP) is 2.64. The molecule has 0 aromatic heterocycles. The fourth-order valence-electron chi connectivity index (χ4n) is 1.16. The van der Waals surface area contributed by atoms with E-state index in [0.29, 0.717) is 5.92 Å². The molecule has 72 valence electrons. The van der Waals surface area contributed by atoms with Crippen molar-refractivity contribution in [1.82, 2.24) is 0 Å². The molecule has 0 aromatic carbocycles. The van der Waals surface area contributed by atoms with Crippen LogP contribution < -0.4 is 0 Å². The maximum absolute atomic E-state index is 8.64. The smallest absolute Gasteiger partial charge is 0.0780 e. The van der Waals surface area contributed by atoms with E-state index in [1.807, 2.05) is 6.92 Å². The normalized spacial score (nSPS) is 14.8. The van der Waals surface area contributed by atoms with Gasteiger partial charge in [-0.05, 0) is 37.7 Å². The highest BCUT2D eigenvalue weighted by molar-refractivity contribution is 4.91. The Kier molecular flexibility index (Phi) is 6.87. The summed E-state index contributed by atoms with van der Waals surface area (Å²) >= 11 is 0. The quantitative estimate of drug-likeness (QED) is 0.605.